The molecule has 0 aliphatic carbocycles. The maximum atomic E-state index is 10.3. The Labute approximate surface area is 155 Å². The number of hydrogen-bond donors (Lipinski definition) is 5. The van der Waals surface area contributed by atoms with Gasteiger partial charge in [-0.15, -0.1) is 0 Å². The first kappa shape index (κ1) is 19.1. The summed E-state index contributed by atoms with van der Waals surface area (Å²) in [6.45, 7) is -0.477. The highest BCUT2D eigenvalue weighted by Gasteiger charge is 2.43. The molecule has 0 bridgehead atoms. The van der Waals surface area contributed by atoms with E-state index in [9.17, 15) is 25.5 Å². The lowest BCUT2D eigenvalue weighted by Gasteiger charge is -2.40. The number of hydrogen-bond acceptors (Lipinski definition) is 6. The van der Waals surface area contributed by atoms with Crippen molar-refractivity contribution in [1.29, 1.82) is 0 Å². The molecule has 6 nitrogen and oxygen atoms in total. The van der Waals surface area contributed by atoms with E-state index in [0.717, 1.165) is 11.1 Å². The van der Waals surface area contributed by atoms with E-state index in [2.05, 4.69) is 0 Å². The first-order valence-electron chi connectivity index (χ1n) is 8.27. The minimum absolute atomic E-state index is 0.176. The fourth-order valence-corrected chi connectivity index (χ4v) is 3.30. The number of ether oxygens (including phenoxy) is 1. The number of phenolic OH excluding ortho intramolecular Hbond substituents is 1. The Bertz CT molecular complexity index is 748. The molecule has 0 amide bonds. The molecule has 1 aliphatic heterocycles. The number of benzene rings is 2. The quantitative estimate of drug-likeness (QED) is 0.544. The van der Waals surface area contributed by atoms with Crippen molar-refractivity contribution in [3.8, 4) is 5.75 Å². The van der Waals surface area contributed by atoms with Crippen molar-refractivity contribution in [2.75, 3.05) is 6.61 Å². The largest absolute Gasteiger partial charge is 0.508 e. The summed E-state index contributed by atoms with van der Waals surface area (Å²) >= 11 is 6.28. The Balaban J connectivity index is 1.87. The van der Waals surface area contributed by atoms with Crippen LogP contribution in [0.1, 0.15) is 22.8 Å². The van der Waals surface area contributed by atoms with Gasteiger partial charge in [0.05, 0.1) is 6.61 Å². The van der Waals surface area contributed by atoms with Gasteiger partial charge in [-0.2, -0.15) is 0 Å². The zero-order chi connectivity index (χ0) is 18.8. The molecule has 140 valence electrons. The number of halogens is 1. The van der Waals surface area contributed by atoms with Crippen LogP contribution in [0.2, 0.25) is 5.02 Å². The highest BCUT2D eigenvalue weighted by molar-refractivity contribution is 6.31. The minimum atomic E-state index is -1.43. The lowest BCUT2D eigenvalue weighted by molar-refractivity contribution is -0.231. The van der Waals surface area contributed by atoms with Crippen molar-refractivity contribution < 1.29 is 30.3 Å². The van der Waals surface area contributed by atoms with E-state index < -0.39 is 37.1 Å². The summed E-state index contributed by atoms with van der Waals surface area (Å²) in [6, 6.07) is 11.9. The van der Waals surface area contributed by atoms with Crippen molar-refractivity contribution in [1.82, 2.24) is 0 Å². The van der Waals surface area contributed by atoms with E-state index in [-0.39, 0.29) is 5.75 Å². The van der Waals surface area contributed by atoms with Crippen LogP contribution in [0.5, 0.6) is 5.75 Å². The first-order chi connectivity index (χ1) is 12.4. The maximum absolute atomic E-state index is 10.3. The third-order valence-electron chi connectivity index (χ3n) is 4.62. The molecule has 7 heteroatoms. The molecule has 5 atom stereocenters. The lowest BCUT2D eigenvalue weighted by Crippen LogP contribution is -2.55. The SMILES string of the molecule is OCC1OC(c2ccc(Cl)c(Cc3ccc(O)cc3)c2)C(O)C(O)C1O. The number of aliphatic hydroxyl groups is 4. The summed E-state index contributed by atoms with van der Waals surface area (Å²) in [7, 11) is 0. The summed E-state index contributed by atoms with van der Waals surface area (Å²) in [5.41, 5.74) is 2.31. The predicted octanol–water partition coefficient (Wildman–Crippen LogP) is 1.15. The summed E-state index contributed by atoms with van der Waals surface area (Å²) in [6.07, 6.45) is -5.52. The van der Waals surface area contributed by atoms with Crippen molar-refractivity contribution >= 4 is 11.6 Å². The second-order valence-electron chi connectivity index (χ2n) is 6.44. The van der Waals surface area contributed by atoms with E-state index in [0.29, 0.717) is 17.0 Å². The Morgan fingerprint density at radius 2 is 1.62 bits per heavy atom. The van der Waals surface area contributed by atoms with Crippen LogP contribution in [0.15, 0.2) is 42.5 Å². The molecule has 2 aromatic carbocycles. The fraction of sp³-hybridized carbons (Fsp3) is 0.368. The molecule has 5 unspecified atom stereocenters. The predicted molar refractivity (Wildman–Crippen MR) is 95.1 cm³/mol. The molecule has 5 N–H and O–H groups in total. The van der Waals surface area contributed by atoms with Crippen LogP contribution in [-0.4, -0.2) is 56.6 Å². The van der Waals surface area contributed by atoms with Crippen molar-refractivity contribution in [2.24, 2.45) is 0 Å². The van der Waals surface area contributed by atoms with Crippen LogP contribution in [0, 0.1) is 0 Å². The van der Waals surface area contributed by atoms with E-state index >= 15 is 0 Å². The third kappa shape index (κ3) is 3.86. The molecular weight excluding hydrogens is 360 g/mol. The van der Waals surface area contributed by atoms with Gasteiger partial charge in [0.2, 0.25) is 0 Å². The van der Waals surface area contributed by atoms with Gasteiger partial charge in [0.15, 0.2) is 0 Å². The van der Waals surface area contributed by atoms with Gasteiger partial charge in [-0.1, -0.05) is 35.9 Å². The van der Waals surface area contributed by atoms with Crippen LogP contribution < -0.4 is 0 Å². The average Bonchev–Trinajstić information content (AvgIpc) is 2.64. The van der Waals surface area contributed by atoms with Gasteiger partial charge in [0.25, 0.3) is 0 Å². The van der Waals surface area contributed by atoms with Gasteiger partial charge in [-0.05, 0) is 41.3 Å². The molecule has 2 aromatic rings. The molecule has 1 fully saturated rings. The van der Waals surface area contributed by atoms with Gasteiger partial charge in [0.1, 0.15) is 36.3 Å². The molecule has 1 aliphatic rings. The Morgan fingerprint density at radius 1 is 0.923 bits per heavy atom. The van der Waals surface area contributed by atoms with E-state index in [1.807, 2.05) is 0 Å². The number of phenols is 1. The molecule has 0 spiro atoms. The zero-order valence-corrected chi connectivity index (χ0v) is 14.6. The number of aliphatic hydroxyl groups excluding tert-OH is 4. The molecule has 1 saturated heterocycles. The fourth-order valence-electron chi connectivity index (χ4n) is 3.12. The van der Waals surface area contributed by atoms with E-state index in [1.54, 1.807) is 42.5 Å². The van der Waals surface area contributed by atoms with Gasteiger partial charge in [-0.25, -0.2) is 0 Å². The van der Waals surface area contributed by atoms with Crippen molar-refractivity contribution in [3.63, 3.8) is 0 Å². The van der Waals surface area contributed by atoms with Crippen LogP contribution in [0.3, 0.4) is 0 Å². The summed E-state index contributed by atoms with van der Waals surface area (Å²) in [4.78, 5) is 0. The Kier molecular flexibility index (Phi) is 5.82. The van der Waals surface area contributed by atoms with Gasteiger partial charge in [0, 0.05) is 5.02 Å². The van der Waals surface area contributed by atoms with Gasteiger partial charge in [-0.3, -0.25) is 0 Å². The molecular formula is C19H21ClO6. The smallest absolute Gasteiger partial charge is 0.115 e. The first-order valence-corrected chi connectivity index (χ1v) is 8.65. The van der Waals surface area contributed by atoms with Gasteiger partial charge < -0.3 is 30.3 Å². The number of rotatable bonds is 4. The van der Waals surface area contributed by atoms with E-state index in [4.69, 9.17) is 16.3 Å². The number of aromatic hydroxyl groups is 1. The Hall–Kier alpha value is -1.67. The highest BCUT2D eigenvalue weighted by Crippen LogP contribution is 2.34. The zero-order valence-electron chi connectivity index (χ0n) is 13.9. The van der Waals surface area contributed by atoms with Crippen molar-refractivity contribution in [3.05, 3.63) is 64.2 Å². The molecule has 0 saturated carbocycles. The topological polar surface area (TPSA) is 110 Å². The summed E-state index contributed by atoms with van der Waals surface area (Å²) in [5.74, 6) is 0.176. The molecule has 26 heavy (non-hydrogen) atoms. The minimum Gasteiger partial charge on any atom is -0.508 e. The maximum Gasteiger partial charge on any atom is 0.115 e. The highest BCUT2D eigenvalue weighted by atomic mass is 35.5. The molecule has 3 rings (SSSR count). The van der Waals surface area contributed by atoms with Crippen LogP contribution in [-0.2, 0) is 11.2 Å². The van der Waals surface area contributed by atoms with Crippen LogP contribution in [0.4, 0.5) is 0 Å². The third-order valence-corrected chi connectivity index (χ3v) is 4.99. The van der Waals surface area contributed by atoms with E-state index in [1.165, 1.54) is 0 Å². The van der Waals surface area contributed by atoms with Crippen molar-refractivity contribution in [2.45, 2.75) is 36.9 Å². The van der Waals surface area contributed by atoms with Gasteiger partial charge >= 0.3 is 0 Å². The van der Waals surface area contributed by atoms with Crippen LogP contribution >= 0.6 is 11.6 Å². The monoisotopic (exact) mass is 380 g/mol. The summed E-state index contributed by atoms with van der Waals surface area (Å²) in [5, 5.41) is 49.4. The normalized spacial score (nSPS) is 28.9. The van der Waals surface area contributed by atoms with Crippen LogP contribution in [0.25, 0.3) is 0 Å². The second-order valence-corrected chi connectivity index (χ2v) is 6.85. The standard InChI is InChI=1S/C19H21ClO6/c20-14-6-3-11(8-12(14)7-10-1-4-13(22)5-2-10)19-18(25)17(24)16(23)15(9-21)26-19/h1-6,8,15-19,21-25H,7,9H2. The summed E-state index contributed by atoms with van der Waals surface area (Å²) < 4.78 is 5.59. The average molecular weight is 381 g/mol. The second kappa shape index (κ2) is 7.92. The molecule has 1 heterocycles. The molecule has 0 aromatic heterocycles. The molecule has 0 radical (unpaired) electrons. The Morgan fingerprint density at radius 3 is 2.27 bits per heavy atom. The lowest BCUT2D eigenvalue weighted by atomic mass is 9.90.